The molecule has 0 unspecified atom stereocenters. The van der Waals surface area contributed by atoms with Crippen molar-refractivity contribution in [2.45, 2.75) is 6.54 Å². The lowest BCUT2D eigenvalue weighted by atomic mass is 10.2. The first kappa shape index (κ1) is 13.5. The van der Waals surface area contributed by atoms with E-state index in [1.54, 1.807) is 4.57 Å². The van der Waals surface area contributed by atoms with E-state index in [2.05, 4.69) is 10.3 Å². The van der Waals surface area contributed by atoms with Crippen molar-refractivity contribution >= 4 is 11.7 Å². The molecule has 2 N–H and O–H groups in total. The molecule has 20 heavy (non-hydrogen) atoms. The summed E-state index contributed by atoms with van der Waals surface area (Å²) in [6, 6.07) is 6.02. The third-order valence-corrected chi connectivity index (χ3v) is 2.64. The van der Waals surface area contributed by atoms with Crippen LogP contribution in [0.5, 0.6) is 0 Å². The van der Waals surface area contributed by atoms with E-state index in [9.17, 15) is 9.18 Å². The number of nitrogens with one attached hydrogen (secondary N) is 1. The number of carboxylic acids is 1. The predicted octanol–water partition coefficient (Wildman–Crippen LogP) is 1.70. The normalized spacial score (nSPS) is 10.0. The molecule has 7 heteroatoms. The van der Waals surface area contributed by atoms with Crippen LogP contribution in [0.1, 0.15) is 16.1 Å². The molecular formula is C13H11FN4O2. The highest BCUT2D eigenvalue weighted by atomic mass is 19.1. The minimum absolute atomic E-state index is 0.0328. The molecule has 0 atom stereocenters. The fourth-order valence-corrected chi connectivity index (χ4v) is 1.64. The Balaban J connectivity index is 1.92. The maximum atomic E-state index is 13.6. The molecule has 2 aromatic rings. The number of benzene rings is 1. The molecule has 1 aromatic carbocycles. The molecule has 6 nitrogen and oxygen atoms in total. The molecule has 0 saturated heterocycles. The van der Waals surface area contributed by atoms with Gasteiger partial charge in [-0.15, -0.1) is 0 Å². The molecule has 0 aliphatic rings. The number of halogens is 1. The smallest absolute Gasteiger partial charge is 0.356 e. The Hall–Kier alpha value is -2.88. The largest absolute Gasteiger partial charge is 0.476 e. The summed E-state index contributed by atoms with van der Waals surface area (Å²) in [6.07, 6.45) is 2.80. The van der Waals surface area contributed by atoms with Gasteiger partial charge in [-0.2, -0.15) is 5.26 Å². The van der Waals surface area contributed by atoms with Gasteiger partial charge in [0.05, 0.1) is 23.6 Å². The number of anilines is 1. The van der Waals surface area contributed by atoms with Crippen LogP contribution in [0.4, 0.5) is 10.1 Å². The number of nitriles is 1. The molecule has 0 aliphatic carbocycles. The average Bonchev–Trinajstić information content (AvgIpc) is 2.89. The SMILES string of the molecule is N#Cc1ccc(NCCn2cnc(C(=O)O)c2)c(F)c1. The summed E-state index contributed by atoms with van der Waals surface area (Å²) in [4.78, 5) is 14.4. The Morgan fingerprint density at radius 2 is 2.35 bits per heavy atom. The molecule has 0 amide bonds. The van der Waals surface area contributed by atoms with Gasteiger partial charge >= 0.3 is 5.97 Å². The van der Waals surface area contributed by atoms with Crippen molar-refractivity contribution in [2.75, 3.05) is 11.9 Å². The van der Waals surface area contributed by atoms with Crippen LogP contribution in [0, 0.1) is 17.1 Å². The van der Waals surface area contributed by atoms with Crippen molar-refractivity contribution in [2.24, 2.45) is 0 Å². The molecule has 0 spiro atoms. The van der Waals surface area contributed by atoms with E-state index in [0.717, 1.165) is 6.07 Å². The van der Waals surface area contributed by atoms with E-state index < -0.39 is 11.8 Å². The highest BCUT2D eigenvalue weighted by molar-refractivity contribution is 5.84. The van der Waals surface area contributed by atoms with Gasteiger partial charge in [-0.05, 0) is 18.2 Å². The molecule has 0 fully saturated rings. The molecule has 0 saturated carbocycles. The second-order valence-electron chi connectivity index (χ2n) is 4.04. The molecule has 1 aromatic heterocycles. The number of carbonyl (C=O) groups is 1. The van der Waals surface area contributed by atoms with E-state index in [0.29, 0.717) is 18.8 Å². The third kappa shape index (κ3) is 3.11. The lowest BCUT2D eigenvalue weighted by Gasteiger charge is -2.08. The van der Waals surface area contributed by atoms with E-state index in [1.807, 2.05) is 6.07 Å². The van der Waals surface area contributed by atoms with E-state index >= 15 is 0 Å². The fraction of sp³-hybridized carbons (Fsp3) is 0.154. The number of carboxylic acid groups (broad SMARTS) is 1. The quantitative estimate of drug-likeness (QED) is 0.866. The van der Waals surface area contributed by atoms with E-state index in [-0.39, 0.29) is 11.3 Å². The van der Waals surface area contributed by atoms with Crippen LogP contribution >= 0.6 is 0 Å². The zero-order valence-electron chi connectivity index (χ0n) is 10.4. The van der Waals surface area contributed by atoms with Crippen LogP contribution < -0.4 is 5.32 Å². The first-order valence-corrected chi connectivity index (χ1v) is 5.79. The van der Waals surface area contributed by atoms with Gasteiger partial charge in [0.2, 0.25) is 0 Å². The van der Waals surface area contributed by atoms with E-state index in [4.69, 9.17) is 10.4 Å². The number of nitrogens with zero attached hydrogens (tertiary/aromatic N) is 3. The predicted molar refractivity (Wildman–Crippen MR) is 68.8 cm³/mol. The Labute approximate surface area is 114 Å². The molecule has 0 aliphatic heterocycles. The second kappa shape index (κ2) is 5.84. The van der Waals surface area contributed by atoms with Gasteiger partial charge in [0.25, 0.3) is 0 Å². The number of aromatic nitrogens is 2. The summed E-state index contributed by atoms with van der Waals surface area (Å²) in [7, 11) is 0. The summed E-state index contributed by atoms with van der Waals surface area (Å²) < 4.78 is 15.2. The number of imidazole rings is 1. The molecule has 0 bridgehead atoms. The summed E-state index contributed by atoms with van der Waals surface area (Å²) in [5.74, 6) is -1.59. The van der Waals surface area contributed by atoms with Gasteiger partial charge < -0.3 is 15.0 Å². The van der Waals surface area contributed by atoms with Crippen LogP contribution in [-0.2, 0) is 6.54 Å². The first-order chi connectivity index (χ1) is 9.60. The summed E-state index contributed by atoms with van der Waals surface area (Å²) in [6.45, 7) is 0.845. The Morgan fingerprint density at radius 3 is 2.95 bits per heavy atom. The summed E-state index contributed by atoms with van der Waals surface area (Å²) in [5, 5.41) is 20.2. The van der Waals surface area contributed by atoms with Crippen LogP contribution in [-0.4, -0.2) is 27.2 Å². The lowest BCUT2D eigenvalue weighted by Crippen LogP contribution is -2.10. The number of hydrogen-bond acceptors (Lipinski definition) is 4. The van der Waals surface area contributed by atoms with Crippen molar-refractivity contribution in [3.05, 3.63) is 47.8 Å². The Bertz CT molecular complexity index is 675. The van der Waals surface area contributed by atoms with Crippen LogP contribution in [0.2, 0.25) is 0 Å². The molecule has 1 heterocycles. The van der Waals surface area contributed by atoms with Gasteiger partial charge in [-0.1, -0.05) is 0 Å². The third-order valence-electron chi connectivity index (χ3n) is 2.64. The minimum Gasteiger partial charge on any atom is -0.476 e. The maximum Gasteiger partial charge on any atom is 0.356 e. The topological polar surface area (TPSA) is 90.9 Å². The van der Waals surface area contributed by atoms with Crippen molar-refractivity contribution in [3.63, 3.8) is 0 Å². The van der Waals surface area contributed by atoms with Gasteiger partial charge in [0.1, 0.15) is 5.82 Å². The van der Waals surface area contributed by atoms with Gasteiger partial charge in [-0.3, -0.25) is 0 Å². The lowest BCUT2D eigenvalue weighted by molar-refractivity contribution is 0.0691. The standard InChI is InChI=1S/C13H11FN4O2/c14-10-5-9(6-15)1-2-11(10)16-3-4-18-7-12(13(19)20)17-8-18/h1-2,5,7-8,16H,3-4H2,(H,19,20). The van der Waals surface area contributed by atoms with Gasteiger partial charge in [-0.25, -0.2) is 14.2 Å². The molecule has 102 valence electrons. The zero-order valence-corrected chi connectivity index (χ0v) is 10.4. The summed E-state index contributed by atoms with van der Waals surface area (Å²) >= 11 is 0. The fourth-order valence-electron chi connectivity index (χ4n) is 1.64. The highest BCUT2D eigenvalue weighted by Crippen LogP contribution is 2.14. The number of aromatic carboxylic acids is 1. The van der Waals surface area contributed by atoms with Gasteiger partial charge in [0, 0.05) is 19.3 Å². The maximum absolute atomic E-state index is 13.6. The molecular weight excluding hydrogens is 263 g/mol. The monoisotopic (exact) mass is 274 g/mol. The van der Waals surface area contributed by atoms with Crippen LogP contribution in [0.25, 0.3) is 0 Å². The van der Waals surface area contributed by atoms with Crippen molar-refractivity contribution in [3.8, 4) is 6.07 Å². The van der Waals surface area contributed by atoms with E-state index in [1.165, 1.54) is 24.7 Å². The molecule has 2 rings (SSSR count). The summed E-state index contributed by atoms with van der Waals surface area (Å²) in [5.41, 5.74) is 0.519. The van der Waals surface area contributed by atoms with Crippen LogP contribution in [0.15, 0.2) is 30.7 Å². The highest BCUT2D eigenvalue weighted by Gasteiger charge is 2.06. The van der Waals surface area contributed by atoms with Crippen LogP contribution in [0.3, 0.4) is 0 Å². The second-order valence-corrected chi connectivity index (χ2v) is 4.04. The first-order valence-electron chi connectivity index (χ1n) is 5.79. The zero-order chi connectivity index (χ0) is 14.5. The average molecular weight is 274 g/mol. The van der Waals surface area contributed by atoms with Crippen molar-refractivity contribution in [1.82, 2.24) is 9.55 Å². The Kier molecular flexibility index (Phi) is 3.96. The number of rotatable bonds is 5. The Morgan fingerprint density at radius 1 is 1.55 bits per heavy atom. The van der Waals surface area contributed by atoms with Crippen molar-refractivity contribution in [1.29, 1.82) is 5.26 Å². The number of hydrogen-bond donors (Lipinski definition) is 2. The van der Waals surface area contributed by atoms with Crippen molar-refractivity contribution < 1.29 is 14.3 Å². The molecule has 0 radical (unpaired) electrons. The minimum atomic E-state index is -1.09. The van der Waals surface area contributed by atoms with Gasteiger partial charge in [0.15, 0.2) is 5.69 Å².